The molecule has 1 N–H and O–H groups in total. The maximum atomic E-state index is 13.5. The molecule has 11 heteroatoms. The minimum Gasteiger partial charge on any atom is -0.497 e. The lowest BCUT2D eigenvalue weighted by atomic mass is 9.97. The third-order valence-electron chi connectivity index (χ3n) is 3.92. The first-order chi connectivity index (χ1) is 14.4. The van der Waals surface area contributed by atoms with Gasteiger partial charge in [0, 0.05) is 11.1 Å². The summed E-state index contributed by atoms with van der Waals surface area (Å²) in [7, 11) is 1.26. The molecule has 2 rings (SSSR count). The molecule has 0 aliphatic rings. The molecule has 0 heterocycles. The molecule has 0 aliphatic carbocycles. The second-order valence-corrected chi connectivity index (χ2v) is 5.99. The van der Waals surface area contributed by atoms with Crippen molar-refractivity contribution >= 4 is 11.7 Å². The topological polar surface area (TPSA) is 64.6 Å². The van der Waals surface area contributed by atoms with Gasteiger partial charge in [0.15, 0.2) is 5.78 Å². The van der Waals surface area contributed by atoms with Crippen molar-refractivity contribution < 1.29 is 45.5 Å². The predicted octanol–water partition coefficient (Wildman–Crippen LogP) is 4.66. The van der Waals surface area contributed by atoms with Gasteiger partial charge in [0.2, 0.25) is 0 Å². The quantitative estimate of drug-likeness (QED) is 0.290. The summed E-state index contributed by atoms with van der Waals surface area (Å²) in [6.07, 6.45) is -11.2. The number of hydroxylamine groups is 1. The summed E-state index contributed by atoms with van der Waals surface area (Å²) in [4.78, 5) is 28.5. The number of benzene rings is 2. The van der Waals surface area contributed by atoms with Gasteiger partial charge in [0.25, 0.3) is 5.91 Å². The Bertz CT molecular complexity index is 950. The van der Waals surface area contributed by atoms with Crippen LogP contribution in [-0.4, -0.2) is 37.8 Å². The molecular formula is C20H15F6NO4. The van der Waals surface area contributed by atoms with Crippen LogP contribution < -0.4 is 10.2 Å². The number of methoxy groups -OCH3 is 1. The number of alkyl halides is 6. The molecule has 0 aliphatic heterocycles. The van der Waals surface area contributed by atoms with Crippen molar-refractivity contribution in [1.82, 2.24) is 5.48 Å². The van der Waals surface area contributed by atoms with E-state index in [1.165, 1.54) is 31.4 Å². The van der Waals surface area contributed by atoms with Gasteiger partial charge in [-0.2, -0.15) is 26.3 Å². The number of allylic oxidation sites excluding steroid dienone is 1. The molecule has 166 valence electrons. The molecule has 2 aromatic carbocycles. The monoisotopic (exact) mass is 447 g/mol. The van der Waals surface area contributed by atoms with Gasteiger partial charge in [-0.3, -0.25) is 14.4 Å². The molecule has 1 amide bonds. The number of amides is 1. The number of rotatable bonds is 7. The van der Waals surface area contributed by atoms with Crippen LogP contribution in [0, 0.1) is 0 Å². The van der Waals surface area contributed by atoms with E-state index < -0.39 is 47.4 Å². The number of carbonyl (C=O) groups is 2. The van der Waals surface area contributed by atoms with Gasteiger partial charge >= 0.3 is 12.4 Å². The molecule has 0 saturated carbocycles. The maximum absolute atomic E-state index is 13.5. The Morgan fingerprint density at radius 2 is 1.42 bits per heavy atom. The summed E-state index contributed by atoms with van der Waals surface area (Å²) >= 11 is 0. The van der Waals surface area contributed by atoms with Gasteiger partial charge in [0.1, 0.15) is 17.9 Å². The van der Waals surface area contributed by atoms with Gasteiger partial charge < -0.3 is 4.74 Å². The van der Waals surface area contributed by atoms with Gasteiger partial charge in [-0.1, -0.05) is 18.2 Å². The second kappa shape index (κ2) is 9.65. The molecule has 0 unspecified atom stereocenters. The second-order valence-electron chi connectivity index (χ2n) is 5.99. The Labute approximate surface area is 172 Å². The van der Waals surface area contributed by atoms with Gasteiger partial charge in [-0.05, 0) is 36.4 Å². The number of ether oxygens (including phenoxy) is 1. The third kappa shape index (κ3) is 6.32. The van der Waals surface area contributed by atoms with Gasteiger partial charge in [-0.15, -0.1) is 0 Å². The lowest BCUT2D eigenvalue weighted by Crippen LogP contribution is -2.33. The SMILES string of the molecule is COc1ccc(C(=O)/C(=C(\CONC(=O)c2ccccc2)C(F)(F)F)C(F)(F)F)cc1. The van der Waals surface area contributed by atoms with Crippen molar-refractivity contribution in [2.75, 3.05) is 13.7 Å². The van der Waals surface area contributed by atoms with Crippen molar-refractivity contribution in [1.29, 1.82) is 0 Å². The van der Waals surface area contributed by atoms with E-state index in [0.717, 1.165) is 24.3 Å². The fourth-order valence-electron chi connectivity index (χ4n) is 2.44. The number of Topliss-reactive ketones (excluding diaryl/α,β-unsaturated/α-hetero) is 1. The van der Waals surface area contributed by atoms with Crippen molar-refractivity contribution in [2.24, 2.45) is 0 Å². The van der Waals surface area contributed by atoms with E-state index in [0.29, 0.717) is 0 Å². The summed E-state index contributed by atoms with van der Waals surface area (Å²) in [5.41, 5.74) is -3.73. The number of nitrogens with one attached hydrogen (secondary N) is 1. The minimum atomic E-state index is -5.64. The number of carbonyl (C=O) groups excluding carboxylic acids is 2. The first-order valence-electron chi connectivity index (χ1n) is 8.48. The maximum Gasteiger partial charge on any atom is 0.420 e. The molecule has 5 nitrogen and oxygen atoms in total. The average Bonchev–Trinajstić information content (AvgIpc) is 2.71. The summed E-state index contributed by atoms with van der Waals surface area (Å²) in [6.45, 7) is -1.74. The molecule has 0 radical (unpaired) electrons. The zero-order chi connectivity index (χ0) is 23.2. The molecule has 0 aromatic heterocycles. The first kappa shape index (κ1) is 23.9. The number of ketones is 1. The van der Waals surface area contributed by atoms with Crippen LogP contribution in [0.2, 0.25) is 0 Å². The highest BCUT2D eigenvalue weighted by Gasteiger charge is 2.49. The Kier molecular flexibility index (Phi) is 7.45. The molecule has 31 heavy (non-hydrogen) atoms. The average molecular weight is 447 g/mol. The molecule has 2 aromatic rings. The van der Waals surface area contributed by atoms with Gasteiger partial charge in [0.05, 0.1) is 12.7 Å². The summed E-state index contributed by atoms with van der Waals surface area (Å²) in [5, 5.41) is 0. The zero-order valence-electron chi connectivity index (χ0n) is 15.8. The highest BCUT2D eigenvalue weighted by atomic mass is 19.4. The molecule has 0 bridgehead atoms. The van der Waals surface area contributed by atoms with Crippen molar-refractivity contribution in [3.05, 3.63) is 76.9 Å². The fourth-order valence-corrected chi connectivity index (χ4v) is 2.44. The van der Waals surface area contributed by atoms with Crippen molar-refractivity contribution in [3.63, 3.8) is 0 Å². The molecule has 0 saturated heterocycles. The van der Waals surface area contributed by atoms with Crippen LogP contribution in [0.3, 0.4) is 0 Å². The van der Waals surface area contributed by atoms with Crippen LogP contribution in [0.5, 0.6) is 5.75 Å². The van der Waals surface area contributed by atoms with E-state index in [4.69, 9.17) is 4.74 Å². The zero-order valence-corrected chi connectivity index (χ0v) is 15.8. The minimum absolute atomic E-state index is 0.00499. The van der Waals surface area contributed by atoms with Crippen LogP contribution in [0.25, 0.3) is 0 Å². The van der Waals surface area contributed by atoms with E-state index in [-0.39, 0.29) is 11.3 Å². The van der Waals surface area contributed by atoms with Gasteiger partial charge in [-0.25, -0.2) is 5.48 Å². The standard InChI is InChI=1S/C20H15F6NO4/c1-30-14-9-7-12(8-10-14)17(28)16(20(24,25)26)15(19(21,22)23)11-31-27-18(29)13-5-3-2-4-6-13/h2-10H,11H2,1H3,(H,27,29)/b16-15-. The Balaban J connectivity index is 2.36. The predicted molar refractivity (Wildman–Crippen MR) is 96.3 cm³/mol. The van der Waals surface area contributed by atoms with Crippen LogP contribution in [0.15, 0.2) is 65.7 Å². The number of hydrogen-bond donors (Lipinski definition) is 1. The van der Waals surface area contributed by atoms with Crippen LogP contribution in [-0.2, 0) is 4.84 Å². The number of halogens is 6. The Morgan fingerprint density at radius 3 is 1.90 bits per heavy atom. The molecular weight excluding hydrogens is 432 g/mol. The van der Waals surface area contributed by atoms with Crippen LogP contribution in [0.1, 0.15) is 20.7 Å². The highest BCUT2D eigenvalue weighted by Crippen LogP contribution is 2.38. The van der Waals surface area contributed by atoms with Crippen molar-refractivity contribution in [2.45, 2.75) is 12.4 Å². The van der Waals surface area contributed by atoms with Crippen LogP contribution >= 0.6 is 0 Å². The van der Waals surface area contributed by atoms with E-state index in [1.54, 1.807) is 11.5 Å². The van der Waals surface area contributed by atoms with E-state index in [9.17, 15) is 35.9 Å². The van der Waals surface area contributed by atoms with E-state index >= 15 is 0 Å². The summed E-state index contributed by atoms with van der Waals surface area (Å²) < 4.78 is 85.5. The van der Waals surface area contributed by atoms with Crippen molar-refractivity contribution in [3.8, 4) is 5.75 Å². The Morgan fingerprint density at radius 1 is 0.839 bits per heavy atom. The fraction of sp³-hybridized carbons (Fsp3) is 0.200. The normalized spacial score (nSPS) is 12.7. The smallest absolute Gasteiger partial charge is 0.420 e. The third-order valence-corrected chi connectivity index (χ3v) is 3.92. The number of hydrogen-bond acceptors (Lipinski definition) is 4. The lowest BCUT2D eigenvalue weighted by molar-refractivity contribution is -0.121. The summed E-state index contributed by atoms with van der Waals surface area (Å²) in [5.74, 6) is -2.69. The Hall–Kier alpha value is -3.34. The van der Waals surface area contributed by atoms with E-state index in [2.05, 4.69) is 4.84 Å². The molecule has 0 spiro atoms. The molecule has 0 fully saturated rings. The highest BCUT2D eigenvalue weighted by molar-refractivity contribution is 6.10. The molecule has 0 atom stereocenters. The largest absolute Gasteiger partial charge is 0.497 e. The van der Waals surface area contributed by atoms with Crippen LogP contribution in [0.4, 0.5) is 26.3 Å². The summed E-state index contributed by atoms with van der Waals surface area (Å²) in [6, 6.07) is 11.2. The van der Waals surface area contributed by atoms with E-state index in [1.807, 2.05) is 0 Å². The first-order valence-corrected chi connectivity index (χ1v) is 8.48. The lowest BCUT2D eigenvalue weighted by Gasteiger charge is -2.19.